The van der Waals surface area contributed by atoms with Crippen LogP contribution in [0.5, 0.6) is 17.2 Å². The Morgan fingerprint density at radius 3 is 0.992 bits per heavy atom. The zero-order valence-electron chi connectivity index (χ0n) is 68.8. The van der Waals surface area contributed by atoms with Gasteiger partial charge in [-0.1, -0.05) is 113 Å². The molecule has 6 aromatic carbocycles. The fourth-order valence-electron chi connectivity index (χ4n) is 14.4. The van der Waals surface area contributed by atoms with E-state index < -0.39 is 60.3 Å². The molecule has 11 atom stereocenters. The monoisotopic (exact) mass is 1730 g/mol. The molecule has 0 spiro atoms. The molecule has 30 heteroatoms. The predicted octanol–water partition coefficient (Wildman–Crippen LogP) is 10.4. The average Bonchev–Trinajstić information content (AvgIpc) is 1.72. The Morgan fingerprint density at radius 1 is 0.370 bits per heavy atom. The maximum atomic E-state index is 13.5. The van der Waals surface area contributed by atoms with Crippen LogP contribution in [0.1, 0.15) is 126 Å². The fourth-order valence-corrected chi connectivity index (χ4v) is 15.1. The molecule has 3 heterocycles. The molecule has 3 fully saturated rings. The molecule has 119 heavy (non-hydrogen) atoms. The molecular formula is C89H112Cl5FN12O12. The molecule has 642 valence electrons. The van der Waals surface area contributed by atoms with E-state index in [1.165, 1.54) is 26.8 Å². The van der Waals surface area contributed by atoms with E-state index in [2.05, 4.69) is 47.9 Å². The summed E-state index contributed by atoms with van der Waals surface area (Å²) in [7, 11) is 4.87. The third-order valence-electron chi connectivity index (χ3n) is 22.4. The molecule has 3 aliphatic carbocycles. The van der Waals surface area contributed by atoms with Gasteiger partial charge in [0.2, 0.25) is 53.2 Å². The van der Waals surface area contributed by atoms with E-state index in [9.17, 15) is 47.5 Å². The van der Waals surface area contributed by atoms with E-state index in [4.69, 9.17) is 72.2 Å². The summed E-state index contributed by atoms with van der Waals surface area (Å²) in [5.74, 6) is -0.277. The van der Waals surface area contributed by atoms with E-state index in [-0.39, 0.29) is 89.5 Å². The molecule has 0 unspecified atom stereocenters. The summed E-state index contributed by atoms with van der Waals surface area (Å²) in [6.07, 6.45) is 10.0. The lowest BCUT2D eigenvalue weighted by Crippen LogP contribution is -2.57. The Kier molecular flexibility index (Phi) is 34.7. The molecule has 9 amide bonds. The van der Waals surface area contributed by atoms with Gasteiger partial charge in [-0.15, -0.1) is 0 Å². The number of hydrogen-bond acceptors (Lipinski definition) is 15. The summed E-state index contributed by atoms with van der Waals surface area (Å²) < 4.78 is 32.0. The minimum absolute atomic E-state index is 0.150. The number of likely N-dealkylation sites (N-methyl/N-ethyl adjacent to an activating group) is 3. The number of rotatable bonds is 9. The summed E-state index contributed by atoms with van der Waals surface area (Å²) in [6.45, 7) is 11.9. The first-order valence-corrected chi connectivity index (χ1v) is 43.1. The smallest absolute Gasteiger partial charge is 0.243 e. The van der Waals surface area contributed by atoms with Crippen molar-refractivity contribution in [3.63, 3.8) is 0 Å². The van der Waals surface area contributed by atoms with E-state index in [0.29, 0.717) is 145 Å². The Balaban J connectivity index is 0.000000188. The number of benzene rings is 6. The molecule has 0 bridgehead atoms. The number of halogens is 6. The van der Waals surface area contributed by atoms with Crippen LogP contribution in [0.4, 0.5) is 4.39 Å². The maximum absolute atomic E-state index is 13.5. The van der Waals surface area contributed by atoms with Gasteiger partial charge in [-0.05, 0) is 236 Å². The molecule has 9 N–H and O–H groups in total. The first-order chi connectivity index (χ1) is 57.0. The second-order valence-corrected chi connectivity index (χ2v) is 34.1. The van der Waals surface area contributed by atoms with Gasteiger partial charge >= 0.3 is 0 Å². The predicted molar refractivity (Wildman–Crippen MR) is 460 cm³/mol. The highest BCUT2D eigenvalue weighted by atomic mass is 35.5. The third kappa shape index (κ3) is 28.1. The largest absolute Gasteiger partial charge is 0.492 e. The van der Waals surface area contributed by atoms with Crippen molar-refractivity contribution >= 4 is 111 Å². The van der Waals surface area contributed by atoms with Gasteiger partial charge in [-0.25, -0.2) is 4.39 Å². The van der Waals surface area contributed by atoms with Gasteiger partial charge in [0, 0.05) is 105 Å². The zero-order chi connectivity index (χ0) is 85.6. The number of hydrogen-bond donors (Lipinski definition) is 9. The maximum Gasteiger partial charge on any atom is 0.243 e. The number of carbonyl (C=O) groups is 9. The highest BCUT2D eigenvalue weighted by molar-refractivity contribution is 6.32. The van der Waals surface area contributed by atoms with Crippen molar-refractivity contribution < 1.29 is 61.8 Å². The van der Waals surface area contributed by atoms with Crippen LogP contribution in [0.2, 0.25) is 25.1 Å². The van der Waals surface area contributed by atoms with Crippen molar-refractivity contribution in [3.8, 4) is 17.2 Å². The highest BCUT2D eigenvalue weighted by Gasteiger charge is 2.43. The normalized spacial score (nSPS) is 25.1. The molecular weight excluding hydrogens is 1630 g/mol. The summed E-state index contributed by atoms with van der Waals surface area (Å²) in [5.41, 5.74) is 5.37. The van der Waals surface area contributed by atoms with Crippen molar-refractivity contribution in [2.24, 2.45) is 17.8 Å². The van der Waals surface area contributed by atoms with Gasteiger partial charge in [0.1, 0.15) is 78.1 Å². The highest BCUT2D eigenvalue weighted by Crippen LogP contribution is 2.37. The van der Waals surface area contributed by atoms with Crippen molar-refractivity contribution in [2.75, 3.05) is 67.0 Å². The number of amides is 9. The molecule has 6 aromatic rings. The quantitative estimate of drug-likeness (QED) is 0.0650. The topological polar surface area (TPSA) is 299 Å². The SMILES string of the molecule is C[C@@H]1C(=O)N[C@H](Cc2ccc(Cl)cc2)C(=O)NCCCc2ccc(Cl)cc2OCCN[C@@H](C2CC2)C(=O)N1C.C[C@@H]1CN[C@@H](C2CC2)C(=O)N(C)[C@H](C)C(=O)N[C@H](Cc2ccc(Cl)cc2)C(=O)NCCCc2ccc(Cl)cc2O1.C[C@@H]1CN[C@@H](C2CC2)C(=O)N(C)[C@H](C)C(=O)N[C@H](Cc2ccc(F)cc2)C(=O)NCCCc2ccc(Cl)cc2O1. The fraction of sp³-hybridized carbons (Fsp3) is 0.494. The molecule has 3 aliphatic heterocycles. The van der Waals surface area contributed by atoms with Crippen LogP contribution in [0.25, 0.3) is 0 Å². The number of aryl methyl sites for hydroxylation is 3. The Hall–Kier alpha value is -8.79. The minimum Gasteiger partial charge on any atom is -0.492 e. The second-order valence-electron chi connectivity index (χ2n) is 31.9. The molecule has 0 aromatic heterocycles. The van der Waals surface area contributed by atoms with Gasteiger partial charge in [-0.2, -0.15) is 0 Å². The van der Waals surface area contributed by atoms with Crippen molar-refractivity contribution in [1.29, 1.82) is 0 Å². The van der Waals surface area contributed by atoms with Gasteiger partial charge in [0.25, 0.3) is 0 Å². The molecule has 3 saturated carbocycles. The minimum atomic E-state index is -0.893. The molecule has 12 rings (SSSR count). The van der Waals surface area contributed by atoms with Crippen LogP contribution in [-0.2, 0) is 81.7 Å². The second kappa shape index (κ2) is 44.7. The summed E-state index contributed by atoms with van der Waals surface area (Å²) >= 11 is 30.8. The first kappa shape index (κ1) is 92.5. The lowest BCUT2D eigenvalue weighted by Gasteiger charge is -2.31. The number of nitrogens with zero attached hydrogens (tertiary/aromatic N) is 3. The lowest BCUT2D eigenvalue weighted by atomic mass is 10.0. The van der Waals surface area contributed by atoms with E-state index in [1.54, 1.807) is 96.5 Å². The van der Waals surface area contributed by atoms with Crippen LogP contribution in [0.3, 0.4) is 0 Å². The molecule has 6 aliphatic rings. The Labute approximate surface area is 722 Å². The van der Waals surface area contributed by atoms with Gasteiger partial charge in [-0.3, -0.25) is 43.2 Å². The first-order valence-electron chi connectivity index (χ1n) is 41.3. The number of fused-ring (bicyclic) bond motifs is 3. The number of carbonyl (C=O) groups excluding carboxylic acids is 9. The van der Waals surface area contributed by atoms with Crippen molar-refractivity contribution in [3.05, 3.63) is 192 Å². The van der Waals surface area contributed by atoms with Crippen molar-refractivity contribution in [1.82, 2.24) is 62.6 Å². The van der Waals surface area contributed by atoms with Crippen LogP contribution < -0.4 is 62.1 Å². The van der Waals surface area contributed by atoms with Gasteiger partial charge < -0.3 is 76.8 Å². The van der Waals surface area contributed by atoms with Crippen LogP contribution >= 0.6 is 58.0 Å². The third-order valence-corrected chi connectivity index (χ3v) is 23.7. The summed E-state index contributed by atoms with van der Waals surface area (Å²) in [5, 5.41) is 30.5. The molecule has 24 nitrogen and oxygen atoms in total. The van der Waals surface area contributed by atoms with Crippen LogP contribution in [0, 0.1) is 23.6 Å². The lowest BCUT2D eigenvalue weighted by molar-refractivity contribution is -0.141. The summed E-state index contributed by atoms with van der Waals surface area (Å²) in [6, 6.07) is 30.7. The Bertz CT molecular complexity index is 4280. The van der Waals surface area contributed by atoms with E-state index >= 15 is 0 Å². The van der Waals surface area contributed by atoms with Crippen LogP contribution in [-0.4, -0.2) is 201 Å². The summed E-state index contributed by atoms with van der Waals surface area (Å²) in [4.78, 5) is 124. The molecule has 0 saturated heterocycles. The standard InChI is InChI=1S/C30H38Cl2N4O4.C30H38ClFN4O4.C29H36Cl2N4O4/c1-18-17-34-27(22-8-9-22)30(39)36(3)19(2)28(37)35-25(15-20-6-11-23(31)12-7-20)29(38)33-14-4-5-21-10-13-24(32)16-26(21)40-18;1-18-17-34-27(22-8-9-22)30(39)36(3)19(2)28(37)35-25(15-20-6-12-24(32)13-7-20)29(38)33-14-4-5-21-10-11-23(31)16-26(21)40-18;1-18-27(36)34-24(16-19-5-10-22(30)11-6-19)28(37)33-13-3-4-20-9-12-23(31)17-25(20)39-15-14-32-26(21-7-8-21)29(38)35(18)2/h2*6-7,10-13,16,18-19,22,25,27,34H,4-5,8-9,14-15,17H2,1-3H3,(H,33,38)(H,35,37);5-6,9-12,17-18,21,24,26,32H,3-4,7-8,13-16H2,1-2H3,(H,33,37)(H,34,36)/t2*18-,19-,25-,27+;18-,24-,26+/m111/s1. The average molecular weight is 1740 g/mol. The molecule has 0 radical (unpaired) electrons. The van der Waals surface area contributed by atoms with Crippen LogP contribution in [0.15, 0.2) is 127 Å². The van der Waals surface area contributed by atoms with E-state index in [0.717, 1.165) is 66.3 Å². The number of ether oxygens (including phenoxy) is 3. The Morgan fingerprint density at radius 2 is 0.664 bits per heavy atom. The zero-order valence-corrected chi connectivity index (χ0v) is 72.6. The van der Waals surface area contributed by atoms with Gasteiger partial charge in [0.05, 0.1) is 18.1 Å². The van der Waals surface area contributed by atoms with Crippen molar-refractivity contribution in [2.45, 2.75) is 198 Å². The van der Waals surface area contributed by atoms with E-state index in [1.807, 2.05) is 74.5 Å². The number of nitrogens with one attached hydrogen (secondary N) is 9. The van der Waals surface area contributed by atoms with Gasteiger partial charge in [0.15, 0.2) is 0 Å².